The van der Waals surface area contributed by atoms with E-state index in [1.165, 1.54) is 11.6 Å². The topological polar surface area (TPSA) is 82.5 Å². The summed E-state index contributed by atoms with van der Waals surface area (Å²) < 4.78 is 12.6. The molecule has 0 radical (unpaired) electrons. The van der Waals surface area contributed by atoms with Crippen LogP contribution in [0.1, 0.15) is 45.7 Å². The third-order valence-electron chi connectivity index (χ3n) is 4.57. The van der Waals surface area contributed by atoms with Gasteiger partial charge in [0.05, 0.1) is 6.33 Å². The SMILES string of the molecule is CC(C)[C@H](NCC=CC(=O)OCC=Cc1ccc(Cn2ccnc2)cc1)C(=O)OC(C)(C)C. The Morgan fingerprint density at radius 2 is 1.88 bits per heavy atom. The van der Waals surface area contributed by atoms with Gasteiger partial charge in [-0.3, -0.25) is 4.79 Å². The minimum atomic E-state index is -0.540. The molecule has 1 aromatic carbocycles. The zero-order valence-electron chi connectivity index (χ0n) is 20.2. The Labute approximate surface area is 196 Å². The average molecular weight is 454 g/mol. The minimum Gasteiger partial charge on any atom is -0.459 e. The fraction of sp³-hybridized carbons (Fsp3) is 0.423. The van der Waals surface area contributed by atoms with Crippen molar-refractivity contribution in [2.75, 3.05) is 13.2 Å². The van der Waals surface area contributed by atoms with Crippen LogP contribution in [-0.2, 0) is 25.6 Å². The van der Waals surface area contributed by atoms with Crippen LogP contribution < -0.4 is 5.32 Å². The van der Waals surface area contributed by atoms with Crippen molar-refractivity contribution in [2.45, 2.75) is 52.8 Å². The first-order valence-corrected chi connectivity index (χ1v) is 11.1. The maximum Gasteiger partial charge on any atom is 0.330 e. The van der Waals surface area contributed by atoms with E-state index in [0.29, 0.717) is 6.54 Å². The second-order valence-electron chi connectivity index (χ2n) is 9.07. The van der Waals surface area contributed by atoms with Gasteiger partial charge in [-0.2, -0.15) is 0 Å². The summed E-state index contributed by atoms with van der Waals surface area (Å²) in [5.41, 5.74) is 1.67. The van der Waals surface area contributed by atoms with Gasteiger partial charge in [-0.15, -0.1) is 0 Å². The van der Waals surface area contributed by atoms with Gasteiger partial charge >= 0.3 is 11.9 Å². The molecule has 0 amide bonds. The molecule has 0 aliphatic carbocycles. The second-order valence-corrected chi connectivity index (χ2v) is 9.07. The van der Waals surface area contributed by atoms with Gasteiger partial charge in [0.1, 0.15) is 18.2 Å². The quantitative estimate of drug-likeness (QED) is 0.409. The number of nitrogens with zero attached hydrogens (tertiary/aromatic N) is 2. The van der Waals surface area contributed by atoms with E-state index in [0.717, 1.165) is 12.1 Å². The van der Waals surface area contributed by atoms with Crippen LogP contribution in [0.3, 0.4) is 0 Å². The number of benzene rings is 1. The van der Waals surface area contributed by atoms with Gasteiger partial charge in [-0.05, 0) is 43.9 Å². The van der Waals surface area contributed by atoms with Crippen molar-refractivity contribution in [1.82, 2.24) is 14.9 Å². The molecule has 0 saturated carbocycles. The molecule has 0 fully saturated rings. The fourth-order valence-electron chi connectivity index (χ4n) is 2.99. The van der Waals surface area contributed by atoms with Gasteiger partial charge in [-0.1, -0.05) is 50.3 Å². The number of hydrogen-bond donors (Lipinski definition) is 1. The summed E-state index contributed by atoms with van der Waals surface area (Å²) >= 11 is 0. The van der Waals surface area contributed by atoms with Crippen LogP contribution in [0.4, 0.5) is 0 Å². The van der Waals surface area contributed by atoms with Crippen LogP contribution in [0.5, 0.6) is 0 Å². The molecule has 1 aromatic heterocycles. The van der Waals surface area contributed by atoms with Crippen LogP contribution in [-0.4, -0.2) is 46.3 Å². The Hall–Kier alpha value is -3.19. The molecule has 0 unspecified atom stereocenters. The smallest absolute Gasteiger partial charge is 0.330 e. The number of nitrogens with one attached hydrogen (secondary N) is 1. The van der Waals surface area contributed by atoms with E-state index in [1.807, 2.05) is 63.6 Å². The zero-order chi connectivity index (χ0) is 24.3. The Balaban J connectivity index is 1.70. The van der Waals surface area contributed by atoms with Crippen molar-refractivity contribution in [3.63, 3.8) is 0 Å². The average Bonchev–Trinajstić information content (AvgIpc) is 3.23. The number of aromatic nitrogens is 2. The van der Waals surface area contributed by atoms with Crippen molar-refractivity contribution >= 4 is 18.0 Å². The Kier molecular flexibility index (Phi) is 10.1. The van der Waals surface area contributed by atoms with Crippen LogP contribution >= 0.6 is 0 Å². The van der Waals surface area contributed by atoms with E-state index in [2.05, 4.69) is 22.4 Å². The van der Waals surface area contributed by atoms with Gasteiger partial charge < -0.3 is 19.4 Å². The standard InChI is InChI=1S/C26H35N3O4/c1-20(2)24(25(31)33-26(3,4)5)28-14-6-9-23(30)32-17-7-8-21-10-12-22(13-11-21)18-29-16-15-27-19-29/h6-13,15-16,19-20,24,28H,14,17-18H2,1-5H3/t24-/m0/s1. The van der Waals surface area contributed by atoms with Gasteiger partial charge in [-0.25, -0.2) is 9.78 Å². The Morgan fingerprint density at radius 3 is 2.48 bits per heavy atom. The van der Waals surface area contributed by atoms with Crippen molar-refractivity contribution in [2.24, 2.45) is 5.92 Å². The summed E-state index contributed by atoms with van der Waals surface area (Å²) in [4.78, 5) is 28.2. The molecule has 0 saturated heterocycles. The molecular formula is C26H35N3O4. The van der Waals surface area contributed by atoms with Gasteiger partial charge in [0.15, 0.2) is 0 Å². The summed E-state index contributed by atoms with van der Waals surface area (Å²) in [6, 6.07) is 7.71. The molecule has 0 bridgehead atoms. The van der Waals surface area contributed by atoms with Crippen molar-refractivity contribution in [3.8, 4) is 0 Å². The first-order valence-electron chi connectivity index (χ1n) is 11.1. The maximum absolute atomic E-state index is 12.3. The van der Waals surface area contributed by atoms with Crippen LogP contribution in [0, 0.1) is 5.92 Å². The number of ether oxygens (including phenoxy) is 2. The third-order valence-corrected chi connectivity index (χ3v) is 4.57. The highest BCUT2D eigenvalue weighted by Crippen LogP contribution is 2.12. The molecule has 33 heavy (non-hydrogen) atoms. The number of carbonyl (C=O) groups is 2. The highest BCUT2D eigenvalue weighted by Gasteiger charge is 2.26. The van der Waals surface area contributed by atoms with Crippen LogP contribution in [0.25, 0.3) is 6.08 Å². The molecule has 2 aromatic rings. The first-order chi connectivity index (χ1) is 15.6. The Bertz CT molecular complexity index is 923. The summed E-state index contributed by atoms with van der Waals surface area (Å²) in [7, 11) is 0. The molecule has 7 heteroatoms. The molecule has 1 heterocycles. The van der Waals surface area contributed by atoms with Crippen molar-refractivity contribution < 1.29 is 19.1 Å². The van der Waals surface area contributed by atoms with Gasteiger partial charge in [0.2, 0.25) is 0 Å². The predicted molar refractivity (Wildman–Crippen MR) is 129 cm³/mol. The lowest BCUT2D eigenvalue weighted by atomic mass is 10.0. The minimum absolute atomic E-state index is 0.0605. The number of esters is 2. The summed E-state index contributed by atoms with van der Waals surface area (Å²) in [6.45, 7) is 10.7. The zero-order valence-corrected chi connectivity index (χ0v) is 20.2. The molecule has 178 valence electrons. The number of carbonyl (C=O) groups excluding carboxylic acids is 2. The summed E-state index contributed by atoms with van der Waals surface area (Å²) in [6.07, 6.45) is 12.2. The molecule has 0 aliphatic rings. The van der Waals surface area contributed by atoms with Crippen molar-refractivity contribution in [1.29, 1.82) is 0 Å². The lowest BCUT2D eigenvalue weighted by molar-refractivity contribution is -0.158. The molecule has 7 nitrogen and oxygen atoms in total. The third kappa shape index (κ3) is 10.3. The predicted octanol–water partition coefficient (Wildman–Crippen LogP) is 4.00. The van der Waals surface area contributed by atoms with E-state index in [1.54, 1.807) is 24.7 Å². The normalized spacial score (nSPS) is 13.0. The van der Waals surface area contributed by atoms with E-state index < -0.39 is 17.6 Å². The first kappa shape index (κ1) is 26.1. The molecule has 0 spiro atoms. The highest BCUT2D eigenvalue weighted by atomic mass is 16.6. The van der Waals surface area contributed by atoms with E-state index in [-0.39, 0.29) is 18.5 Å². The maximum atomic E-state index is 12.3. The van der Waals surface area contributed by atoms with Gasteiger partial charge in [0, 0.05) is 31.6 Å². The largest absolute Gasteiger partial charge is 0.459 e. The summed E-state index contributed by atoms with van der Waals surface area (Å²) in [5.74, 6) is -0.672. The summed E-state index contributed by atoms with van der Waals surface area (Å²) in [5, 5.41) is 3.12. The second kappa shape index (κ2) is 12.7. The van der Waals surface area contributed by atoms with Crippen molar-refractivity contribution in [3.05, 3.63) is 72.3 Å². The lowest BCUT2D eigenvalue weighted by Crippen LogP contribution is -2.44. The molecule has 1 atom stereocenters. The molecule has 1 N–H and O–H groups in total. The molecule has 2 rings (SSSR count). The van der Waals surface area contributed by atoms with Crippen LogP contribution in [0.2, 0.25) is 0 Å². The number of imidazole rings is 1. The molecule has 0 aliphatic heterocycles. The highest BCUT2D eigenvalue weighted by molar-refractivity contribution is 5.82. The Morgan fingerprint density at radius 1 is 1.15 bits per heavy atom. The molecular weight excluding hydrogens is 418 g/mol. The number of rotatable bonds is 11. The monoisotopic (exact) mass is 453 g/mol. The number of hydrogen-bond acceptors (Lipinski definition) is 6. The van der Waals surface area contributed by atoms with Crippen LogP contribution in [0.15, 0.2) is 61.2 Å². The van der Waals surface area contributed by atoms with E-state index >= 15 is 0 Å². The van der Waals surface area contributed by atoms with E-state index in [4.69, 9.17) is 9.47 Å². The lowest BCUT2D eigenvalue weighted by Gasteiger charge is -2.26. The van der Waals surface area contributed by atoms with Gasteiger partial charge in [0.25, 0.3) is 0 Å². The fourth-order valence-corrected chi connectivity index (χ4v) is 2.99. The van der Waals surface area contributed by atoms with E-state index in [9.17, 15) is 9.59 Å².